The molecule has 1 N–H and O–H groups in total. The molecule has 112 valence electrons. The van der Waals surface area contributed by atoms with Crippen molar-refractivity contribution in [2.24, 2.45) is 11.8 Å². The normalized spacial score (nSPS) is 25.2. The topological polar surface area (TPSA) is 49.4 Å². The number of rotatable bonds is 4. The molecular formula is C17H22N2O2. The number of likely N-dealkylation sites (tertiary alicyclic amines) is 1. The highest BCUT2D eigenvalue weighted by Gasteiger charge is 2.42. The standard InChI is InChI=1S/C17H22N2O2/c1-11-3-7-13(8-4-11)16-14(9-15(20)19(16)2)17(21)18-10-12-5-6-12/h3-4,7-8,12,14,16H,5-6,9-10H2,1-2H3,(H,18,21)/t14-,16-/m0/s1. The molecule has 0 radical (unpaired) electrons. The van der Waals surface area contributed by atoms with Gasteiger partial charge >= 0.3 is 0 Å². The van der Waals surface area contributed by atoms with Gasteiger partial charge in [-0.2, -0.15) is 0 Å². The maximum atomic E-state index is 12.4. The summed E-state index contributed by atoms with van der Waals surface area (Å²) in [5, 5.41) is 3.02. The second-order valence-electron chi connectivity index (χ2n) is 6.36. The van der Waals surface area contributed by atoms with Gasteiger partial charge in [0.25, 0.3) is 0 Å². The molecule has 4 heteroatoms. The van der Waals surface area contributed by atoms with Crippen molar-refractivity contribution in [3.63, 3.8) is 0 Å². The van der Waals surface area contributed by atoms with Gasteiger partial charge in [0.1, 0.15) is 0 Å². The van der Waals surface area contributed by atoms with Crippen LogP contribution < -0.4 is 5.32 Å². The minimum absolute atomic E-state index is 0.0187. The average molecular weight is 286 g/mol. The monoisotopic (exact) mass is 286 g/mol. The molecule has 1 heterocycles. The highest BCUT2D eigenvalue weighted by Crippen LogP contribution is 2.37. The zero-order valence-corrected chi connectivity index (χ0v) is 12.6. The second-order valence-corrected chi connectivity index (χ2v) is 6.36. The quantitative estimate of drug-likeness (QED) is 0.921. The van der Waals surface area contributed by atoms with E-state index in [9.17, 15) is 9.59 Å². The van der Waals surface area contributed by atoms with Gasteiger partial charge < -0.3 is 10.2 Å². The van der Waals surface area contributed by atoms with E-state index in [1.807, 2.05) is 31.2 Å². The zero-order valence-electron chi connectivity index (χ0n) is 12.6. The zero-order chi connectivity index (χ0) is 15.0. The Morgan fingerprint density at radius 2 is 1.95 bits per heavy atom. The molecule has 1 saturated heterocycles. The van der Waals surface area contributed by atoms with Gasteiger partial charge in [-0.3, -0.25) is 9.59 Å². The number of amides is 2. The average Bonchev–Trinajstić information content (AvgIpc) is 3.25. The summed E-state index contributed by atoms with van der Waals surface area (Å²) in [6, 6.07) is 7.97. The lowest BCUT2D eigenvalue weighted by molar-refractivity contribution is -0.128. The van der Waals surface area contributed by atoms with E-state index in [1.165, 1.54) is 18.4 Å². The smallest absolute Gasteiger partial charge is 0.226 e. The van der Waals surface area contributed by atoms with Crippen LogP contribution in [0.4, 0.5) is 0 Å². The van der Waals surface area contributed by atoms with Gasteiger partial charge in [0.15, 0.2) is 0 Å². The predicted octanol–water partition coefficient (Wildman–Crippen LogP) is 2.04. The van der Waals surface area contributed by atoms with Crippen molar-refractivity contribution in [3.8, 4) is 0 Å². The van der Waals surface area contributed by atoms with Crippen molar-refractivity contribution in [1.82, 2.24) is 10.2 Å². The minimum Gasteiger partial charge on any atom is -0.355 e. The van der Waals surface area contributed by atoms with Gasteiger partial charge in [0.05, 0.1) is 12.0 Å². The molecule has 0 bridgehead atoms. The van der Waals surface area contributed by atoms with Gasteiger partial charge in [-0.1, -0.05) is 29.8 Å². The van der Waals surface area contributed by atoms with Crippen LogP contribution >= 0.6 is 0 Å². The van der Waals surface area contributed by atoms with Gasteiger partial charge in [-0.25, -0.2) is 0 Å². The first-order valence-electron chi connectivity index (χ1n) is 7.66. The van der Waals surface area contributed by atoms with Crippen LogP contribution in [0.2, 0.25) is 0 Å². The highest BCUT2D eigenvalue weighted by molar-refractivity contribution is 5.90. The summed E-state index contributed by atoms with van der Waals surface area (Å²) in [6.45, 7) is 2.79. The molecule has 1 aliphatic heterocycles. The third-order valence-corrected chi connectivity index (χ3v) is 4.60. The summed E-state index contributed by atoms with van der Waals surface area (Å²) in [5.74, 6) is 0.447. The minimum atomic E-state index is -0.274. The van der Waals surface area contributed by atoms with Gasteiger partial charge in [-0.15, -0.1) is 0 Å². The van der Waals surface area contributed by atoms with E-state index < -0.39 is 0 Å². The first-order chi connectivity index (χ1) is 10.1. The van der Waals surface area contributed by atoms with Crippen LogP contribution in [-0.4, -0.2) is 30.3 Å². The van der Waals surface area contributed by atoms with Gasteiger partial charge in [0.2, 0.25) is 11.8 Å². The highest BCUT2D eigenvalue weighted by atomic mass is 16.2. The van der Waals surface area contributed by atoms with E-state index in [0.29, 0.717) is 12.3 Å². The van der Waals surface area contributed by atoms with Crippen LogP contribution in [0.5, 0.6) is 0 Å². The molecule has 0 aromatic heterocycles. The lowest BCUT2D eigenvalue weighted by Crippen LogP contribution is -2.35. The van der Waals surface area contributed by atoms with Crippen LogP contribution in [0.1, 0.15) is 36.4 Å². The Hall–Kier alpha value is -1.84. The number of nitrogens with zero attached hydrogens (tertiary/aromatic N) is 1. The fourth-order valence-electron chi connectivity index (χ4n) is 3.02. The lowest BCUT2D eigenvalue weighted by atomic mass is 9.92. The molecule has 0 spiro atoms. The molecule has 0 unspecified atom stereocenters. The van der Waals surface area contributed by atoms with Crippen LogP contribution in [0.25, 0.3) is 0 Å². The third kappa shape index (κ3) is 2.94. The number of carbonyl (C=O) groups is 2. The molecule has 2 fully saturated rings. The fraction of sp³-hybridized carbons (Fsp3) is 0.529. The number of carbonyl (C=O) groups excluding carboxylic acids is 2. The van der Waals surface area contributed by atoms with E-state index >= 15 is 0 Å². The van der Waals surface area contributed by atoms with Gasteiger partial charge in [0, 0.05) is 20.0 Å². The third-order valence-electron chi connectivity index (χ3n) is 4.60. The van der Waals surface area contributed by atoms with E-state index in [2.05, 4.69) is 5.32 Å². The Morgan fingerprint density at radius 3 is 2.57 bits per heavy atom. The van der Waals surface area contributed by atoms with Crippen LogP contribution in [0.15, 0.2) is 24.3 Å². The number of hydrogen-bond donors (Lipinski definition) is 1. The van der Waals surface area contributed by atoms with Crippen LogP contribution in [0.3, 0.4) is 0 Å². The molecule has 2 aliphatic rings. The first kappa shape index (κ1) is 14.1. The molecule has 21 heavy (non-hydrogen) atoms. The molecule has 3 rings (SSSR count). The molecule has 1 aromatic rings. The van der Waals surface area contributed by atoms with E-state index in [4.69, 9.17) is 0 Å². The SMILES string of the molecule is Cc1ccc([C@H]2[C@@H](C(=O)NCC3CC3)CC(=O)N2C)cc1. The van der Waals surface area contributed by atoms with Crippen molar-refractivity contribution in [1.29, 1.82) is 0 Å². The molecule has 4 nitrogen and oxygen atoms in total. The molecule has 1 aromatic carbocycles. The van der Waals surface area contributed by atoms with Crippen molar-refractivity contribution < 1.29 is 9.59 Å². The van der Waals surface area contributed by atoms with Crippen molar-refractivity contribution in [2.45, 2.75) is 32.2 Å². The number of hydrogen-bond acceptors (Lipinski definition) is 2. The maximum Gasteiger partial charge on any atom is 0.226 e. The Balaban J connectivity index is 1.78. The summed E-state index contributed by atoms with van der Waals surface area (Å²) in [6.07, 6.45) is 2.74. The van der Waals surface area contributed by atoms with E-state index in [1.54, 1.807) is 11.9 Å². The molecule has 1 saturated carbocycles. The maximum absolute atomic E-state index is 12.4. The summed E-state index contributed by atoms with van der Waals surface area (Å²) in [7, 11) is 1.79. The van der Waals surface area contributed by atoms with Crippen molar-refractivity contribution >= 4 is 11.8 Å². The van der Waals surface area contributed by atoms with Crippen molar-refractivity contribution in [2.75, 3.05) is 13.6 Å². The Bertz CT molecular complexity index is 548. The number of aryl methyl sites for hydroxylation is 1. The second kappa shape index (κ2) is 5.51. The van der Waals surface area contributed by atoms with Crippen LogP contribution in [0, 0.1) is 18.8 Å². The first-order valence-corrected chi connectivity index (χ1v) is 7.66. The molecule has 2 amide bonds. The largest absolute Gasteiger partial charge is 0.355 e. The Morgan fingerprint density at radius 1 is 1.29 bits per heavy atom. The molecule has 1 aliphatic carbocycles. The summed E-state index contributed by atoms with van der Waals surface area (Å²) < 4.78 is 0. The number of benzene rings is 1. The summed E-state index contributed by atoms with van der Waals surface area (Å²) >= 11 is 0. The fourth-order valence-corrected chi connectivity index (χ4v) is 3.02. The lowest BCUT2D eigenvalue weighted by Gasteiger charge is -2.25. The molecular weight excluding hydrogens is 264 g/mol. The predicted molar refractivity (Wildman–Crippen MR) is 80.5 cm³/mol. The van der Waals surface area contributed by atoms with Gasteiger partial charge in [-0.05, 0) is 31.2 Å². The number of nitrogens with one attached hydrogen (secondary N) is 1. The van der Waals surface area contributed by atoms with Crippen molar-refractivity contribution in [3.05, 3.63) is 35.4 Å². The Labute approximate surface area is 125 Å². The van der Waals surface area contributed by atoms with E-state index in [-0.39, 0.29) is 23.8 Å². The Kier molecular flexibility index (Phi) is 3.70. The summed E-state index contributed by atoms with van der Waals surface area (Å²) in [5.41, 5.74) is 2.22. The van der Waals surface area contributed by atoms with E-state index in [0.717, 1.165) is 12.1 Å². The summed E-state index contributed by atoms with van der Waals surface area (Å²) in [4.78, 5) is 26.2. The molecule has 2 atom stereocenters. The van der Waals surface area contributed by atoms with Crippen LogP contribution in [-0.2, 0) is 9.59 Å².